The number of amides is 1. The molecule has 5 nitrogen and oxygen atoms in total. The summed E-state index contributed by atoms with van der Waals surface area (Å²) in [5, 5.41) is 3.28. The molecule has 3 aromatic carbocycles. The van der Waals surface area contributed by atoms with Gasteiger partial charge in [-0.3, -0.25) is 4.79 Å². The first-order valence-electron chi connectivity index (χ1n) is 8.17. The van der Waals surface area contributed by atoms with Crippen LogP contribution in [-0.4, -0.2) is 10.9 Å². The van der Waals surface area contributed by atoms with Gasteiger partial charge in [-0.2, -0.15) is 0 Å². The SMILES string of the molecule is O=C(Nc1ccc(-c2nc3ccccc3c(=O)o2)cc1)c1cccc(Br)c1. The summed E-state index contributed by atoms with van der Waals surface area (Å²) in [5.74, 6) is 0.0305. The molecule has 1 heterocycles. The van der Waals surface area contributed by atoms with Crippen LogP contribution in [0.5, 0.6) is 0 Å². The van der Waals surface area contributed by atoms with Crippen molar-refractivity contribution in [2.75, 3.05) is 5.32 Å². The van der Waals surface area contributed by atoms with Gasteiger partial charge in [0, 0.05) is 21.3 Å². The number of hydrogen-bond donors (Lipinski definition) is 1. The first-order valence-corrected chi connectivity index (χ1v) is 8.97. The van der Waals surface area contributed by atoms with Gasteiger partial charge in [0.2, 0.25) is 5.89 Å². The monoisotopic (exact) mass is 420 g/mol. The highest BCUT2D eigenvalue weighted by Crippen LogP contribution is 2.21. The molecule has 4 aromatic rings. The summed E-state index contributed by atoms with van der Waals surface area (Å²) in [6.07, 6.45) is 0. The Kier molecular flexibility index (Phi) is 4.56. The first-order chi connectivity index (χ1) is 13.1. The van der Waals surface area contributed by atoms with Crippen molar-refractivity contribution in [2.45, 2.75) is 0 Å². The zero-order valence-corrected chi connectivity index (χ0v) is 15.6. The Balaban J connectivity index is 1.59. The molecule has 0 aliphatic rings. The minimum atomic E-state index is -0.428. The number of fused-ring (bicyclic) bond motifs is 1. The van der Waals surface area contributed by atoms with Crippen LogP contribution in [0.1, 0.15) is 10.4 Å². The summed E-state index contributed by atoms with van der Waals surface area (Å²) < 4.78 is 6.16. The van der Waals surface area contributed by atoms with Gasteiger partial charge in [-0.05, 0) is 54.6 Å². The lowest BCUT2D eigenvalue weighted by molar-refractivity contribution is 0.102. The van der Waals surface area contributed by atoms with Crippen LogP contribution in [0.25, 0.3) is 22.4 Å². The molecule has 0 spiro atoms. The van der Waals surface area contributed by atoms with E-state index in [1.54, 1.807) is 60.7 Å². The van der Waals surface area contributed by atoms with Crippen LogP contribution in [-0.2, 0) is 0 Å². The van der Waals surface area contributed by atoms with Crippen molar-refractivity contribution in [3.63, 3.8) is 0 Å². The average Bonchev–Trinajstić information content (AvgIpc) is 2.68. The largest absolute Gasteiger partial charge is 0.403 e. The van der Waals surface area contributed by atoms with Gasteiger partial charge < -0.3 is 9.73 Å². The molecule has 132 valence electrons. The van der Waals surface area contributed by atoms with Crippen LogP contribution in [0, 0.1) is 0 Å². The topological polar surface area (TPSA) is 72.2 Å². The summed E-state index contributed by atoms with van der Waals surface area (Å²) in [4.78, 5) is 28.8. The number of nitrogens with zero attached hydrogens (tertiary/aromatic N) is 1. The number of aromatic nitrogens is 1. The lowest BCUT2D eigenvalue weighted by Gasteiger charge is -2.07. The molecule has 4 rings (SSSR count). The van der Waals surface area contributed by atoms with Crippen molar-refractivity contribution in [3.05, 3.63) is 93.3 Å². The predicted molar refractivity (Wildman–Crippen MR) is 108 cm³/mol. The van der Waals surface area contributed by atoms with Crippen LogP contribution in [0.3, 0.4) is 0 Å². The Labute approximate surface area is 162 Å². The third-order valence-electron chi connectivity index (χ3n) is 4.01. The van der Waals surface area contributed by atoms with Gasteiger partial charge >= 0.3 is 5.63 Å². The second-order valence-electron chi connectivity index (χ2n) is 5.87. The number of rotatable bonds is 3. The van der Waals surface area contributed by atoms with E-state index in [0.717, 1.165) is 4.47 Å². The van der Waals surface area contributed by atoms with Gasteiger partial charge in [0.25, 0.3) is 5.91 Å². The van der Waals surface area contributed by atoms with Gasteiger partial charge in [0.15, 0.2) is 0 Å². The lowest BCUT2D eigenvalue weighted by atomic mass is 10.1. The minimum absolute atomic E-state index is 0.209. The van der Waals surface area contributed by atoms with E-state index in [-0.39, 0.29) is 11.8 Å². The molecule has 6 heteroatoms. The average molecular weight is 421 g/mol. The third kappa shape index (κ3) is 3.66. The number of anilines is 1. The van der Waals surface area contributed by atoms with Gasteiger partial charge in [0.1, 0.15) is 0 Å². The quantitative estimate of drug-likeness (QED) is 0.513. The van der Waals surface area contributed by atoms with Gasteiger partial charge in [-0.15, -0.1) is 0 Å². The number of benzene rings is 3. The van der Waals surface area contributed by atoms with E-state index in [2.05, 4.69) is 26.2 Å². The van der Waals surface area contributed by atoms with E-state index in [9.17, 15) is 9.59 Å². The minimum Gasteiger partial charge on any atom is -0.403 e. The van der Waals surface area contributed by atoms with Crippen molar-refractivity contribution in [2.24, 2.45) is 0 Å². The maximum Gasteiger partial charge on any atom is 0.347 e. The fourth-order valence-corrected chi connectivity index (χ4v) is 3.07. The van der Waals surface area contributed by atoms with Crippen LogP contribution in [0.4, 0.5) is 5.69 Å². The molecule has 0 saturated carbocycles. The molecule has 0 unspecified atom stereocenters. The molecule has 1 aromatic heterocycles. The summed E-state index contributed by atoms with van der Waals surface area (Å²) in [5.41, 5.74) is 1.99. The first kappa shape index (κ1) is 17.2. The Hall–Kier alpha value is -3.25. The van der Waals surface area contributed by atoms with Gasteiger partial charge in [0.05, 0.1) is 10.9 Å². The molecule has 0 atom stereocenters. The fraction of sp³-hybridized carbons (Fsp3) is 0. The second kappa shape index (κ2) is 7.17. The fourth-order valence-electron chi connectivity index (χ4n) is 2.67. The number of nitrogens with one attached hydrogen (secondary N) is 1. The molecule has 0 aliphatic heterocycles. The highest BCUT2D eigenvalue weighted by Gasteiger charge is 2.10. The molecular weight excluding hydrogens is 408 g/mol. The van der Waals surface area contributed by atoms with E-state index in [4.69, 9.17) is 4.42 Å². The number of halogens is 1. The molecule has 0 fully saturated rings. The van der Waals surface area contributed by atoms with Crippen molar-refractivity contribution < 1.29 is 9.21 Å². The second-order valence-corrected chi connectivity index (χ2v) is 6.78. The summed E-state index contributed by atoms with van der Waals surface area (Å²) in [7, 11) is 0. The lowest BCUT2D eigenvalue weighted by Crippen LogP contribution is -2.11. The zero-order chi connectivity index (χ0) is 18.8. The number of hydrogen-bond acceptors (Lipinski definition) is 4. The van der Waals surface area contributed by atoms with Crippen LogP contribution in [0.2, 0.25) is 0 Å². The van der Waals surface area contributed by atoms with Gasteiger partial charge in [-0.1, -0.05) is 34.1 Å². The van der Waals surface area contributed by atoms with Crippen LogP contribution < -0.4 is 10.9 Å². The third-order valence-corrected chi connectivity index (χ3v) is 4.51. The van der Waals surface area contributed by atoms with E-state index < -0.39 is 5.63 Å². The van der Waals surface area contributed by atoms with Crippen molar-refractivity contribution in [1.82, 2.24) is 4.98 Å². The molecule has 1 N–H and O–H groups in total. The van der Waals surface area contributed by atoms with E-state index >= 15 is 0 Å². The predicted octanol–water partition coefficient (Wildman–Crippen LogP) is 4.87. The number of para-hydroxylation sites is 1. The van der Waals surface area contributed by atoms with E-state index in [1.807, 2.05) is 12.1 Å². The normalized spacial score (nSPS) is 10.7. The molecule has 0 aliphatic carbocycles. The van der Waals surface area contributed by atoms with Crippen molar-refractivity contribution >= 4 is 38.4 Å². The van der Waals surface area contributed by atoms with Crippen LogP contribution >= 0.6 is 15.9 Å². The maximum absolute atomic E-state index is 12.3. The highest BCUT2D eigenvalue weighted by molar-refractivity contribution is 9.10. The molecule has 1 amide bonds. The zero-order valence-electron chi connectivity index (χ0n) is 14.0. The smallest absolute Gasteiger partial charge is 0.347 e. The molecule has 27 heavy (non-hydrogen) atoms. The van der Waals surface area contributed by atoms with Crippen molar-refractivity contribution in [1.29, 1.82) is 0 Å². The summed E-state index contributed by atoms with van der Waals surface area (Å²) in [6.45, 7) is 0. The Morgan fingerprint density at radius 1 is 0.963 bits per heavy atom. The molecule has 0 bridgehead atoms. The van der Waals surface area contributed by atoms with E-state index in [0.29, 0.717) is 27.7 Å². The molecule has 0 radical (unpaired) electrons. The van der Waals surface area contributed by atoms with Crippen molar-refractivity contribution in [3.8, 4) is 11.5 Å². The number of carbonyl (C=O) groups is 1. The Morgan fingerprint density at radius 2 is 1.74 bits per heavy atom. The number of carbonyl (C=O) groups excluding carboxylic acids is 1. The Morgan fingerprint density at radius 3 is 2.52 bits per heavy atom. The summed E-state index contributed by atoms with van der Waals surface area (Å²) >= 11 is 3.35. The Bertz CT molecular complexity index is 1200. The van der Waals surface area contributed by atoms with Crippen LogP contribution in [0.15, 0.2) is 86.5 Å². The summed E-state index contributed by atoms with van der Waals surface area (Å²) in [6, 6.07) is 21.1. The van der Waals surface area contributed by atoms with Gasteiger partial charge in [-0.25, -0.2) is 9.78 Å². The molecule has 0 saturated heterocycles. The standard InChI is InChI=1S/C21H13BrN2O3/c22-15-5-3-4-14(12-15)19(25)23-16-10-8-13(9-11-16)20-24-18-7-2-1-6-17(18)21(26)27-20/h1-12H,(H,23,25). The molecular formula is C21H13BrN2O3. The highest BCUT2D eigenvalue weighted by atomic mass is 79.9. The maximum atomic E-state index is 12.3. The van der Waals surface area contributed by atoms with E-state index in [1.165, 1.54) is 0 Å².